The van der Waals surface area contributed by atoms with Crippen molar-refractivity contribution in [2.75, 3.05) is 6.61 Å². The molecule has 0 aromatic carbocycles. The fourth-order valence-corrected chi connectivity index (χ4v) is 1.41. The number of hydrogen-bond acceptors (Lipinski definition) is 3. The maximum atomic E-state index is 5.89. The summed E-state index contributed by atoms with van der Waals surface area (Å²) in [5, 5.41) is 0.458. The smallest absolute Gasteiger partial charge is 0.218 e. The van der Waals surface area contributed by atoms with Crippen LogP contribution < -0.4 is 4.74 Å². The van der Waals surface area contributed by atoms with Crippen LogP contribution in [0.15, 0.2) is 6.07 Å². The highest BCUT2D eigenvalue weighted by molar-refractivity contribution is 6.29. The minimum atomic E-state index is 0.270. The van der Waals surface area contributed by atoms with Crippen molar-refractivity contribution < 1.29 is 4.74 Å². The maximum Gasteiger partial charge on any atom is 0.218 e. The van der Waals surface area contributed by atoms with Gasteiger partial charge in [-0.1, -0.05) is 25.4 Å². The molecule has 1 aliphatic carbocycles. The predicted molar refractivity (Wildman–Crippen MR) is 59.4 cm³/mol. The molecule has 2 rings (SSSR count). The van der Waals surface area contributed by atoms with Gasteiger partial charge in [0.1, 0.15) is 11.0 Å². The molecular formula is C11H15ClN2O. The van der Waals surface area contributed by atoms with Crippen LogP contribution in [0.1, 0.15) is 38.4 Å². The number of nitrogens with zero attached hydrogens (tertiary/aromatic N) is 2. The summed E-state index contributed by atoms with van der Waals surface area (Å²) in [5.74, 6) is 2.34. The SMILES string of the molecule is CC(C)c1nc(Cl)cc(OCC2CC2)n1. The maximum absolute atomic E-state index is 5.89. The highest BCUT2D eigenvalue weighted by Gasteiger charge is 2.22. The lowest BCUT2D eigenvalue weighted by molar-refractivity contribution is 0.286. The van der Waals surface area contributed by atoms with E-state index in [1.807, 2.05) is 13.8 Å². The molecule has 1 saturated carbocycles. The highest BCUT2D eigenvalue weighted by Crippen LogP contribution is 2.29. The van der Waals surface area contributed by atoms with Gasteiger partial charge in [-0.25, -0.2) is 4.98 Å². The summed E-state index contributed by atoms with van der Waals surface area (Å²) in [5.41, 5.74) is 0. The lowest BCUT2D eigenvalue weighted by Crippen LogP contribution is -2.04. The molecular weight excluding hydrogens is 212 g/mol. The van der Waals surface area contributed by atoms with E-state index in [1.165, 1.54) is 12.8 Å². The van der Waals surface area contributed by atoms with Gasteiger partial charge in [0.15, 0.2) is 0 Å². The molecule has 0 spiro atoms. The van der Waals surface area contributed by atoms with E-state index in [2.05, 4.69) is 9.97 Å². The van der Waals surface area contributed by atoms with Gasteiger partial charge in [0, 0.05) is 12.0 Å². The molecule has 0 N–H and O–H groups in total. The van der Waals surface area contributed by atoms with E-state index in [0.717, 1.165) is 18.3 Å². The van der Waals surface area contributed by atoms with Gasteiger partial charge < -0.3 is 4.74 Å². The lowest BCUT2D eigenvalue weighted by Gasteiger charge is -2.08. The van der Waals surface area contributed by atoms with Gasteiger partial charge in [-0.15, -0.1) is 0 Å². The summed E-state index contributed by atoms with van der Waals surface area (Å²) in [4.78, 5) is 8.47. The Kier molecular flexibility index (Phi) is 3.10. The zero-order valence-corrected chi connectivity index (χ0v) is 9.79. The third kappa shape index (κ3) is 3.06. The van der Waals surface area contributed by atoms with E-state index >= 15 is 0 Å². The van der Waals surface area contributed by atoms with Crippen molar-refractivity contribution in [3.63, 3.8) is 0 Å². The molecule has 0 aliphatic heterocycles. The predicted octanol–water partition coefficient (Wildman–Crippen LogP) is 3.04. The molecule has 1 fully saturated rings. The zero-order chi connectivity index (χ0) is 10.8. The molecule has 1 aromatic rings. The van der Waals surface area contributed by atoms with Crippen molar-refractivity contribution in [1.82, 2.24) is 9.97 Å². The first-order valence-electron chi connectivity index (χ1n) is 5.32. The lowest BCUT2D eigenvalue weighted by atomic mass is 10.2. The molecule has 0 atom stereocenters. The average Bonchev–Trinajstić information content (AvgIpc) is 2.97. The summed E-state index contributed by atoms with van der Waals surface area (Å²) >= 11 is 5.89. The molecule has 0 radical (unpaired) electrons. The van der Waals surface area contributed by atoms with Crippen LogP contribution >= 0.6 is 11.6 Å². The first-order chi connectivity index (χ1) is 7.15. The second-order valence-corrected chi connectivity index (χ2v) is 4.68. The van der Waals surface area contributed by atoms with Gasteiger partial charge in [-0.3, -0.25) is 0 Å². The topological polar surface area (TPSA) is 35.0 Å². The van der Waals surface area contributed by atoms with Crippen molar-refractivity contribution in [3.05, 3.63) is 17.0 Å². The van der Waals surface area contributed by atoms with E-state index in [1.54, 1.807) is 6.07 Å². The Morgan fingerprint density at radius 3 is 2.80 bits per heavy atom. The summed E-state index contributed by atoms with van der Waals surface area (Å²) in [7, 11) is 0. The van der Waals surface area contributed by atoms with E-state index in [0.29, 0.717) is 11.0 Å². The van der Waals surface area contributed by atoms with Gasteiger partial charge in [0.05, 0.1) is 6.61 Å². The third-order valence-corrected chi connectivity index (χ3v) is 2.56. The molecule has 3 nitrogen and oxygen atoms in total. The van der Waals surface area contributed by atoms with Crippen LogP contribution in [0.5, 0.6) is 5.88 Å². The van der Waals surface area contributed by atoms with Crippen molar-refractivity contribution in [1.29, 1.82) is 0 Å². The second-order valence-electron chi connectivity index (χ2n) is 4.30. The number of hydrogen-bond donors (Lipinski definition) is 0. The number of ether oxygens (including phenoxy) is 1. The van der Waals surface area contributed by atoms with Gasteiger partial charge in [-0.2, -0.15) is 4.98 Å². The molecule has 82 valence electrons. The Labute approximate surface area is 94.8 Å². The van der Waals surface area contributed by atoms with Gasteiger partial charge in [0.25, 0.3) is 0 Å². The molecule has 1 heterocycles. The Morgan fingerprint density at radius 2 is 2.20 bits per heavy atom. The average molecular weight is 227 g/mol. The van der Waals surface area contributed by atoms with Crippen LogP contribution in [0.2, 0.25) is 5.15 Å². The van der Waals surface area contributed by atoms with Gasteiger partial charge in [0.2, 0.25) is 5.88 Å². The standard InChI is InChI=1S/C11H15ClN2O/c1-7(2)11-13-9(12)5-10(14-11)15-6-8-3-4-8/h5,7-8H,3-4,6H2,1-2H3. The number of halogens is 1. The molecule has 0 saturated heterocycles. The van der Waals surface area contributed by atoms with Crippen LogP contribution in [0.4, 0.5) is 0 Å². The Bertz CT molecular complexity index is 350. The monoisotopic (exact) mass is 226 g/mol. The van der Waals surface area contributed by atoms with Gasteiger partial charge in [-0.05, 0) is 18.8 Å². The Balaban J connectivity index is 2.07. The molecule has 0 unspecified atom stereocenters. The molecule has 1 aromatic heterocycles. The van der Waals surface area contributed by atoms with Crippen LogP contribution in [0.25, 0.3) is 0 Å². The largest absolute Gasteiger partial charge is 0.477 e. The van der Waals surface area contributed by atoms with Gasteiger partial charge >= 0.3 is 0 Å². The van der Waals surface area contributed by atoms with Crippen LogP contribution in [0, 0.1) is 5.92 Å². The van der Waals surface area contributed by atoms with Crippen LogP contribution in [0.3, 0.4) is 0 Å². The first-order valence-corrected chi connectivity index (χ1v) is 5.70. The molecule has 4 heteroatoms. The quantitative estimate of drug-likeness (QED) is 0.741. The van der Waals surface area contributed by atoms with Crippen molar-refractivity contribution in [3.8, 4) is 5.88 Å². The van der Waals surface area contributed by atoms with Crippen molar-refractivity contribution in [2.45, 2.75) is 32.6 Å². The summed E-state index contributed by atoms with van der Waals surface area (Å²) in [6.07, 6.45) is 2.55. The fraction of sp³-hybridized carbons (Fsp3) is 0.636. The first kappa shape index (κ1) is 10.7. The molecule has 0 bridgehead atoms. The zero-order valence-electron chi connectivity index (χ0n) is 9.03. The Hall–Kier alpha value is -0.830. The number of aromatic nitrogens is 2. The third-order valence-electron chi connectivity index (χ3n) is 2.37. The molecule has 15 heavy (non-hydrogen) atoms. The van der Waals surface area contributed by atoms with E-state index in [9.17, 15) is 0 Å². The number of rotatable bonds is 4. The van der Waals surface area contributed by atoms with Crippen LogP contribution in [-0.4, -0.2) is 16.6 Å². The van der Waals surface area contributed by atoms with Crippen molar-refractivity contribution in [2.24, 2.45) is 5.92 Å². The highest BCUT2D eigenvalue weighted by atomic mass is 35.5. The van der Waals surface area contributed by atoms with Crippen LogP contribution in [-0.2, 0) is 0 Å². The molecule has 0 amide bonds. The van der Waals surface area contributed by atoms with E-state index in [4.69, 9.17) is 16.3 Å². The minimum absolute atomic E-state index is 0.270. The summed E-state index contributed by atoms with van der Waals surface area (Å²) < 4.78 is 5.57. The van der Waals surface area contributed by atoms with Crippen molar-refractivity contribution >= 4 is 11.6 Å². The van der Waals surface area contributed by atoms with E-state index in [-0.39, 0.29) is 5.92 Å². The normalized spacial score (nSPS) is 15.7. The summed E-state index contributed by atoms with van der Waals surface area (Å²) in [6, 6.07) is 1.68. The van der Waals surface area contributed by atoms with E-state index < -0.39 is 0 Å². The molecule has 1 aliphatic rings. The fourth-order valence-electron chi connectivity index (χ4n) is 1.23. The summed E-state index contributed by atoms with van der Waals surface area (Å²) in [6.45, 7) is 4.83. The second kappa shape index (κ2) is 4.35. The minimum Gasteiger partial charge on any atom is -0.477 e. The Morgan fingerprint density at radius 1 is 1.47 bits per heavy atom.